The highest BCUT2D eigenvalue weighted by atomic mass is 32.2. The van der Waals surface area contributed by atoms with E-state index in [0.717, 1.165) is 16.2 Å². The molecule has 9 heteroatoms. The predicted octanol–water partition coefficient (Wildman–Crippen LogP) is 3.73. The van der Waals surface area contributed by atoms with E-state index in [4.69, 9.17) is 9.37 Å². The van der Waals surface area contributed by atoms with Gasteiger partial charge in [0.15, 0.2) is 11.0 Å². The molecule has 2 atom stereocenters. The van der Waals surface area contributed by atoms with E-state index in [1.54, 1.807) is 12.1 Å². The fourth-order valence-electron chi connectivity index (χ4n) is 3.50. The summed E-state index contributed by atoms with van der Waals surface area (Å²) in [5.41, 5.74) is 1.97. The minimum absolute atomic E-state index is 0.112. The smallest absolute Gasteiger partial charge is 0.245 e. The van der Waals surface area contributed by atoms with Crippen molar-refractivity contribution >= 4 is 32.8 Å². The van der Waals surface area contributed by atoms with Gasteiger partial charge in [0.2, 0.25) is 10.0 Å². The molecule has 7 nitrogen and oxygen atoms in total. The summed E-state index contributed by atoms with van der Waals surface area (Å²) in [6.07, 6.45) is 0.647. The van der Waals surface area contributed by atoms with Crippen molar-refractivity contribution in [3.05, 3.63) is 42.0 Å². The van der Waals surface area contributed by atoms with Gasteiger partial charge in [-0.3, -0.25) is 0 Å². The molecule has 1 fully saturated rings. The number of hydrogen-bond acceptors (Lipinski definition) is 7. The van der Waals surface area contributed by atoms with Gasteiger partial charge in [0.25, 0.3) is 0 Å². The Kier molecular flexibility index (Phi) is 5.65. The summed E-state index contributed by atoms with van der Waals surface area (Å²) in [5.74, 6) is 0. The van der Waals surface area contributed by atoms with Crippen LogP contribution in [0.3, 0.4) is 0 Å². The third kappa shape index (κ3) is 4.05. The Bertz CT molecular complexity index is 1100. The largest absolute Gasteiger partial charge is 0.373 e. The van der Waals surface area contributed by atoms with E-state index < -0.39 is 10.0 Å². The van der Waals surface area contributed by atoms with Crippen LogP contribution in [0.2, 0.25) is 0 Å². The van der Waals surface area contributed by atoms with Crippen molar-refractivity contribution in [3.63, 3.8) is 0 Å². The lowest BCUT2D eigenvalue weighted by Crippen LogP contribution is -2.48. The minimum atomic E-state index is -3.74. The highest BCUT2D eigenvalue weighted by Gasteiger charge is 2.34. The minimum Gasteiger partial charge on any atom is -0.373 e. The Morgan fingerprint density at radius 3 is 2.34 bits per heavy atom. The number of aryl methyl sites for hydroxylation is 1. The van der Waals surface area contributed by atoms with Crippen LogP contribution in [0, 0.1) is 0 Å². The van der Waals surface area contributed by atoms with Gasteiger partial charge < -0.3 is 4.74 Å². The van der Waals surface area contributed by atoms with Crippen LogP contribution in [-0.4, -0.2) is 48.3 Å². The fraction of sp³-hybridized carbons (Fsp3) is 0.400. The van der Waals surface area contributed by atoms with Crippen LogP contribution >= 0.6 is 11.8 Å². The maximum atomic E-state index is 13.3. The molecule has 0 aliphatic carbocycles. The van der Waals surface area contributed by atoms with Crippen LogP contribution in [0.4, 0.5) is 0 Å². The number of nitrogens with zero attached hydrogens (tertiary/aromatic N) is 3. The molecule has 0 radical (unpaired) electrons. The molecule has 1 aromatic heterocycles. The van der Waals surface area contributed by atoms with Crippen molar-refractivity contribution in [1.29, 1.82) is 0 Å². The first-order valence-electron chi connectivity index (χ1n) is 9.56. The highest BCUT2D eigenvalue weighted by Crippen LogP contribution is 2.36. The van der Waals surface area contributed by atoms with Crippen LogP contribution in [0.1, 0.15) is 26.3 Å². The molecule has 2 heterocycles. The summed E-state index contributed by atoms with van der Waals surface area (Å²) in [6, 6.07) is 11.6. The maximum Gasteiger partial charge on any atom is 0.245 e. The molecular formula is C20H23N3O4S2. The summed E-state index contributed by atoms with van der Waals surface area (Å²) < 4.78 is 38.6. The number of hydrogen-bond donors (Lipinski definition) is 0. The molecule has 3 aromatic rings. The van der Waals surface area contributed by atoms with Crippen LogP contribution in [0.25, 0.3) is 11.0 Å². The first-order chi connectivity index (χ1) is 13.9. The Hall–Kier alpha value is -1.94. The van der Waals surface area contributed by atoms with E-state index in [9.17, 15) is 8.42 Å². The standard InChI is InChI=1S/C20H23N3O4S2/c1-4-15-5-7-16(8-6-15)28-17-9-10-18(20-19(17)21-27-22-20)29(24,25)23-11-13(2)26-14(3)12-23/h5-10,13-14H,4,11-12H2,1-3H3. The molecule has 0 bridgehead atoms. The van der Waals surface area contributed by atoms with Gasteiger partial charge in [-0.05, 0) is 60.4 Å². The topological polar surface area (TPSA) is 85.5 Å². The average molecular weight is 434 g/mol. The summed E-state index contributed by atoms with van der Waals surface area (Å²) in [7, 11) is -3.74. The Morgan fingerprint density at radius 2 is 1.69 bits per heavy atom. The zero-order valence-corrected chi connectivity index (χ0v) is 18.2. The molecule has 0 saturated carbocycles. The van der Waals surface area contributed by atoms with Crippen molar-refractivity contribution < 1.29 is 17.8 Å². The number of fused-ring (bicyclic) bond motifs is 1. The second kappa shape index (κ2) is 8.06. The second-order valence-electron chi connectivity index (χ2n) is 7.20. The summed E-state index contributed by atoms with van der Waals surface area (Å²) in [6.45, 7) is 6.46. The number of sulfonamides is 1. The summed E-state index contributed by atoms with van der Waals surface area (Å²) in [4.78, 5) is 1.95. The van der Waals surface area contributed by atoms with Gasteiger partial charge in [0.05, 0.1) is 12.2 Å². The lowest BCUT2D eigenvalue weighted by atomic mass is 10.2. The molecule has 0 N–H and O–H groups in total. The van der Waals surface area contributed by atoms with Gasteiger partial charge in [0.1, 0.15) is 4.90 Å². The summed E-state index contributed by atoms with van der Waals surface area (Å²) >= 11 is 1.51. The molecule has 1 aliphatic rings. The van der Waals surface area contributed by atoms with Crippen molar-refractivity contribution in [3.8, 4) is 0 Å². The van der Waals surface area contributed by atoms with Crippen LogP contribution in [0.15, 0.2) is 55.7 Å². The van der Waals surface area contributed by atoms with Crippen LogP contribution in [-0.2, 0) is 21.2 Å². The molecule has 1 aliphatic heterocycles. The van der Waals surface area contributed by atoms with Crippen LogP contribution in [0.5, 0.6) is 0 Å². The second-order valence-corrected chi connectivity index (χ2v) is 10.2. The Morgan fingerprint density at radius 1 is 1.03 bits per heavy atom. The SMILES string of the molecule is CCc1ccc(Sc2ccc(S(=O)(=O)N3CC(C)OC(C)C3)c3nonc23)cc1. The van der Waals surface area contributed by atoms with Gasteiger partial charge in [-0.2, -0.15) is 4.31 Å². The Balaban J connectivity index is 1.69. The first kappa shape index (κ1) is 20.3. The highest BCUT2D eigenvalue weighted by molar-refractivity contribution is 7.99. The van der Waals surface area contributed by atoms with E-state index in [0.29, 0.717) is 18.6 Å². The molecule has 2 aromatic carbocycles. The van der Waals surface area contributed by atoms with Crippen LogP contribution < -0.4 is 0 Å². The molecule has 29 heavy (non-hydrogen) atoms. The normalized spacial score (nSPS) is 20.9. The Labute approximate surface area is 174 Å². The van der Waals surface area contributed by atoms with Crippen molar-refractivity contribution in [2.24, 2.45) is 0 Å². The number of aromatic nitrogens is 2. The van der Waals surface area contributed by atoms with E-state index >= 15 is 0 Å². The van der Waals surface area contributed by atoms with E-state index in [1.807, 2.05) is 26.0 Å². The van der Waals surface area contributed by atoms with Gasteiger partial charge >= 0.3 is 0 Å². The molecule has 0 amide bonds. The predicted molar refractivity (Wildman–Crippen MR) is 111 cm³/mol. The summed E-state index contributed by atoms with van der Waals surface area (Å²) in [5, 5.41) is 7.89. The molecular weight excluding hydrogens is 410 g/mol. The van der Waals surface area contributed by atoms with Gasteiger partial charge in [-0.1, -0.05) is 30.8 Å². The third-order valence-corrected chi connectivity index (χ3v) is 7.83. The number of rotatable bonds is 5. The zero-order valence-electron chi connectivity index (χ0n) is 16.5. The van der Waals surface area contributed by atoms with Gasteiger partial charge in [0, 0.05) is 22.9 Å². The van der Waals surface area contributed by atoms with Crippen molar-refractivity contribution in [1.82, 2.24) is 14.6 Å². The maximum absolute atomic E-state index is 13.3. The number of ether oxygens (including phenoxy) is 1. The monoisotopic (exact) mass is 433 g/mol. The number of morpholine rings is 1. The van der Waals surface area contributed by atoms with E-state index in [2.05, 4.69) is 29.4 Å². The lowest BCUT2D eigenvalue weighted by Gasteiger charge is -2.34. The molecule has 2 unspecified atom stereocenters. The van der Waals surface area contributed by atoms with E-state index in [-0.39, 0.29) is 22.6 Å². The van der Waals surface area contributed by atoms with Gasteiger partial charge in [-0.15, -0.1) is 0 Å². The zero-order chi connectivity index (χ0) is 20.6. The lowest BCUT2D eigenvalue weighted by molar-refractivity contribution is -0.0440. The molecule has 4 rings (SSSR count). The first-order valence-corrected chi connectivity index (χ1v) is 11.8. The molecule has 0 spiro atoms. The quantitative estimate of drug-likeness (QED) is 0.606. The molecule has 154 valence electrons. The van der Waals surface area contributed by atoms with Crippen molar-refractivity contribution in [2.45, 2.75) is 54.1 Å². The fourth-order valence-corrected chi connectivity index (χ4v) is 6.10. The van der Waals surface area contributed by atoms with E-state index in [1.165, 1.54) is 21.6 Å². The number of benzene rings is 2. The van der Waals surface area contributed by atoms with Crippen molar-refractivity contribution in [2.75, 3.05) is 13.1 Å². The molecule has 1 saturated heterocycles. The average Bonchev–Trinajstić information content (AvgIpc) is 3.18. The van der Waals surface area contributed by atoms with Gasteiger partial charge in [-0.25, -0.2) is 13.0 Å². The third-order valence-electron chi connectivity index (χ3n) is 4.90.